The van der Waals surface area contributed by atoms with Crippen LogP contribution in [0.4, 0.5) is 0 Å². The predicted molar refractivity (Wildman–Crippen MR) is 117 cm³/mol. The van der Waals surface area contributed by atoms with Crippen molar-refractivity contribution in [2.45, 2.75) is 32.6 Å². The van der Waals surface area contributed by atoms with E-state index in [-0.39, 0.29) is 18.8 Å². The van der Waals surface area contributed by atoms with Gasteiger partial charge in [-0.15, -0.1) is 5.06 Å². The summed E-state index contributed by atoms with van der Waals surface area (Å²) < 4.78 is 11.3. The van der Waals surface area contributed by atoms with Crippen LogP contribution in [0.2, 0.25) is 0 Å². The Morgan fingerprint density at radius 1 is 1.06 bits per heavy atom. The van der Waals surface area contributed by atoms with E-state index in [0.717, 1.165) is 29.9 Å². The van der Waals surface area contributed by atoms with E-state index in [0.29, 0.717) is 13.2 Å². The van der Waals surface area contributed by atoms with Crippen molar-refractivity contribution in [1.82, 2.24) is 5.06 Å². The fourth-order valence-corrected chi connectivity index (χ4v) is 3.15. The third-order valence-corrected chi connectivity index (χ3v) is 4.68. The molecule has 31 heavy (non-hydrogen) atoms. The molecule has 168 valence electrons. The van der Waals surface area contributed by atoms with Gasteiger partial charge < -0.3 is 19.4 Å². The highest BCUT2D eigenvalue weighted by Gasteiger charge is 2.14. The SMILES string of the molecule is COc1cccc(CCc2ccccc2OCC(C)CN(C)OC(=O)CCC(=O)O)c1. The average Bonchev–Trinajstić information content (AvgIpc) is 2.75. The number of nitrogens with zero attached hydrogens (tertiary/aromatic N) is 1. The topological polar surface area (TPSA) is 85.3 Å². The maximum Gasteiger partial charge on any atom is 0.325 e. The molecule has 2 aromatic rings. The van der Waals surface area contributed by atoms with Crippen LogP contribution in [0.1, 0.15) is 30.9 Å². The number of carbonyl (C=O) groups is 2. The third-order valence-electron chi connectivity index (χ3n) is 4.68. The molecule has 7 nitrogen and oxygen atoms in total. The summed E-state index contributed by atoms with van der Waals surface area (Å²) >= 11 is 0. The lowest BCUT2D eigenvalue weighted by Gasteiger charge is -2.21. The summed E-state index contributed by atoms with van der Waals surface area (Å²) in [6, 6.07) is 16.0. The summed E-state index contributed by atoms with van der Waals surface area (Å²) in [5, 5.41) is 10.0. The Morgan fingerprint density at radius 2 is 1.84 bits per heavy atom. The lowest BCUT2D eigenvalue weighted by Crippen LogP contribution is -2.30. The van der Waals surface area contributed by atoms with E-state index in [4.69, 9.17) is 19.4 Å². The first-order chi connectivity index (χ1) is 14.9. The molecule has 1 atom stereocenters. The molecular formula is C24H31NO6. The van der Waals surface area contributed by atoms with Gasteiger partial charge in [0.05, 0.1) is 26.6 Å². The lowest BCUT2D eigenvalue weighted by atomic mass is 10.0. The number of carbonyl (C=O) groups excluding carboxylic acids is 1. The first kappa shape index (κ1) is 24.2. The molecule has 0 heterocycles. The Labute approximate surface area is 183 Å². The molecule has 0 spiro atoms. The summed E-state index contributed by atoms with van der Waals surface area (Å²) in [4.78, 5) is 27.3. The molecule has 0 amide bonds. The Balaban J connectivity index is 1.82. The average molecular weight is 430 g/mol. The molecule has 0 radical (unpaired) electrons. The van der Waals surface area contributed by atoms with Crippen LogP contribution < -0.4 is 9.47 Å². The highest BCUT2D eigenvalue weighted by atomic mass is 16.7. The second kappa shape index (κ2) is 12.6. The fourth-order valence-electron chi connectivity index (χ4n) is 3.15. The molecular weight excluding hydrogens is 398 g/mol. The van der Waals surface area contributed by atoms with Gasteiger partial charge in [0.15, 0.2) is 0 Å². The van der Waals surface area contributed by atoms with Gasteiger partial charge in [-0.2, -0.15) is 0 Å². The zero-order valence-electron chi connectivity index (χ0n) is 18.4. The maximum atomic E-state index is 11.6. The maximum absolute atomic E-state index is 11.6. The number of benzene rings is 2. The first-order valence-corrected chi connectivity index (χ1v) is 10.3. The number of para-hydroxylation sites is 1. The number of hydrogen-bond donors (Lipinski definition) is 1. The summed E-state index contributed by atoms with van der Waals surface area (Å²) in [5.41, 5.74) is 2.33. The molecule has 0 fully saturated rings. The molecule has 0 saturated carbocycles. The monoisotopic (exact) mass is 429 g/mol. The van der Waals surface area contributed by atoms with E-state index >= 15 is 0 Å². The number of aliphatic carboxylic acids is 1. The Hall–Kier alpha value is -3.06. The standard InChI is InChI=1S/C24H31NO6/c1-18(16-25(2)31-24(28)14-13-23(26)27)17-30-22-10-5-4-8-20(22)12-11-19-7-6-9-21(15-19)29-3/h4-10,15,18H,11-14,16-17H2,1-3H3,(H,26,27). The van der Waals surface area contributed by atoms with Crippen molar-refractivity contribution in [3.63, 3.8) is 0 Å². The van der Waals surface area contributed by atoms with Gasteiger partial charge in [-0.25, -0.2) is 0 Å². The molecule has 0 aliphatic carbocycles. The van der Waals surface area contributed by atoms with Gasteiger partial charge in [0.1, 0.15) is 11.5 Å². The summed E-state index contributed by atoms with van der Waals surface area (Å²) in [5.74, 6) is 0.220. The molecule has 1 N–H and O–H groups in total. The van der Waals surface area contributed by atoms with Crippen LogP contribution in [-0.2, 0) is 27.3 Å². The highest BCUT2D eigenvalue weighted by Crippen LogP contribution is 2.22. The van der Waals surface area contributed by atoms with Crippen LogP contribution in [0.25, 0.3) is 0 Å². The zero-order valence-corrected chi connectivity index (χ0v) is 18.4. The lowest BCUT2D eigenvalue weighted by molar-refractivity contribution is -0.187. The van der Waals surface area contributed by atoms with Crippen molar-refractivity contribution in [3.8, 4) is 11.5 Å². The number of carboxylic acid groups (broad SMARTS) is 1. The van der Waals surface area contributed by atoms with Gasteiger partial charge in [0.2, 0.25) is 0 Å². The largest absolute Gasteiger partial charge is 0.497 e. The van der Waals surface area contributed by atoms with Crippen LogP contribution in [0.15, 0.2) is 48.5 Å². The molecule has 2 aromatic carbocycles. The minimum absolute atomic E-state index is 0.101. The van der Waals surface area contributed by atoms with Crippen molar-refractivity contribution < 1.29 is 29.0 Å². The number of rotatable bonds is 13. The molecule has 2 rings (SSSR count). The molecule has 0 aliphatic rings. The Kier molecular flexibility index (Phi) is 9.84. The van der Waals surface area contributed by atoms with E-state index in [2.05, 4.69) is 12.1 Å². The quantitative estimate of drug-likeness (QED) is 0.485. The van der Waals surface area contributed by atoms with Crippen molar-refractivity contribution in [2.24, 2.45) is 5.92 Å². The molecule has 0 aliphatic heterocycles. The molecule has 0 saturated heterocycles. The normalized spacial score (nSPS) is 11.7. The van der Waals surface area contributed by atoms with Crippen molar-refractivity contribution in [1.29, 1.82) is 0 Å². The van der Waals surface area contributed by atoms with Gasteiger partial charge >= 0.3 is 11.9 Å². The van der Waals surface area contributed by atoms with E-state index < -0.39 is 11.9 Å². The first-order valence-electron chi connectivity index (χ1n) is 10.3. The number of methoxy groups -OCH3 is 1. The molecule has 1 unspecified atom stereocenters. The summed E-state index contributed by atoms with van der Waals surface area (Å²) in [6.45, 7) is 2.94. The Bertz CT molecular complexity index is 853. The van der Waals surface area contributed by atoms with E-state index in [1.807, 2.05) is 43.3 Å². The second-order valence-corrected chi connectivity index (χ2v) is 7.54. The van der Waals surface area contributed by atoms with Gasteiger partial charge in [0, 0.05) is 19.5 Å². The Morgan fingerprint density at radius 3 is 2.58 bits per heavy atom. The predicted octanol–water partition coefficient (Wildman–Crippen LogP) is 3.75. The number of aryl methyl sites for hydroxylation is 2. The van der Waals surface area contributed by atoms with Crippen LogP contribution in [0.3, 0.4) is 0 Å². The summed E-state index contributed by atoms with van der Waals surface area (Å²) in [7, 11) is 3.31. The zero-order chi connectivity index (χ0) is 22.6. The van der Waals surface area contributed by atoms with Crippen LogP contribution in [-0.4, -0.2) is 49.4 Å². The molecule has 7 heteroatoms. The highest BCUT2D eigenvalue weighted by molar-refractivity contribution is 5.76. The van der Waals surface area contributed by atoms with Crippen molar-refractivity contribution >= 4 is 11.9 Å². The fraction of sp³-hybridized carbons (Fsp3) is 0.417. The smallest absolute Gasteiger partial charge is 0.325 e. The van der Waals surface area contributed by atoms with Gasteiger partial charge in [-0.1, -0.05) is 37.3 Å². The number of carboxylic acids is 1. The number of hydrogen-bond acceptors (Lipinski definition) is 6. The van der Waals surface area contributed by atoms with Crippen LogP contribution in [0.5, 0.6) is 11.5 Å². The van der Waals surface area contributed by atoms with Crippen molar-refractivity contribution in [3.05, 3.63) is 59.7 Å². The third kappa shape index (κ3) is 9.09. The minimum atomic E-state index is -1.02. The van der Waals surface area contributed by atoms with Crippen molar-refractivity contribution in [2.75, 3.05) is 27.3 Å². The number of ether oxygens (including phenoxy) is 2. The van der Waals surface area contributed by atoms with E-state index in [1.165, 1.54) is 10.6 Å². The van der Waals surface area contributed by atoms with Gasteiger partial charge in [0.25, 0.3) is 0 Å². The number of hydroxylamine groups is 2. The molecule has 0 aromatic heterocycles. The van der Waals surface area contributed by atoms with Gasteiger partial charge in [-0.05, 0) is 42.2 Å². The van der Waals surface area contributed by atoms with Crippen LogP contribution in [0, 0.1) is 5.92 Å². The van der Waals surface area contributed by atoms with E-state index in [1.54, 1.807) is 14.2 Å². The minimum Gasteiger partial charge on any atom is -0.497 e. The van der Waals surface area contributed by atoms with Gasteiger partial charge in [-0.3, -0.25) is 9.59 Å². The molecule has 0 bridgehead atoms. The van der Waals surface area contributed by atoms with E-state index in [9.17, 15) is 9.59 Å². The van der Waals surface area contributed by atoms with Crippen LogP contribution >= 0.6 is 0 Å². The summed E-state index contributed by atoms with van der Waals surface area (Å²) in [6.07, 6.45) is 1.34. The second-order valence-electron chi connectivity index (χ2n) is 7.54.